The number of anilines is 1. The molecule has 0 fully saturated rings. The molecule has 2 heterocycles. The Balaban J connectivity index is 1.90. The molecule has 1 aromatic heterocycles. The molecule has 9 heteroatoms. The standard InChI is InChI=1S/C23H23FN4O4/c1-5-32-22(29)19-13(2)25-23-26-21(15-8-6-7-9-16(15)24)27-28(23)20(19)14-10-11-17(30-3)18(12-14)31-4/h6-12,20H,5H2,1-4H3,(H,25,26,27). The van der Waals surface area contributed by atoms with Crippen molar-refractivity contribution in [2.24, 2.45) is 0 Å². The first-order valence-corrected chi connectivity index (χ1v) is 10.1. The van der Waals surface area contributed by atoms with Gasteiger partial charge in [-0.1, -0.05) is 18.2 Å². The van der Waals surface area contributed by atoms with Crippen LogP contribution in [-0.4, -0.2) is 41.6 Å². The van der Waals surface area contributed by atoms with Crippen molar-refractivity contribution in [2.75, 3.05) is 26.1 Å². The van der Waals surface area contributed by atoms with Crippen LogP contribution in [0.4, 0.5) is 10.3 Å². The van der Waals surface area contributed by atoms with Gasteiger partial charge in [0.15, 0.2) is 17.3 Å². The Hall–Kier alpha value is -3.88. The summed E-state index contributed by atoms with van der Waals surface area (Å²) in [6, 6.07) is 10.9. The minimum atomic E-state index is -0.668. The first-order valence-electron chi connectivity index (χ1n) is 10.1. The SMILES string of the molecule is CCOC(=O)C1=C(C)Nc2nc(-c3ccccc3F)nn2C1c1ccc(OC)c(OC)c1. The quantitative estimate of drug-likeness (QED) is 0.583. The molecule has 166 valence electrons. The van der Waals surface area contributed by atoms with E-state index in [0.717, 1.165) is 0 Å². The van der Waals surface area contributed by atoms with E-state index in [1.807, 2.05) is 6.07 Å². The van der Waals surface area contributed by atoms with Crippen LogP contribution in [0.5, 0.6) is 11.5 Å². The topological polar surface area (TPSA) is 87.5 Å². The highest BCUT2D eigenvalue weighted by molar-refractivity contribution is 5.92. The number of esters is 1. The van der Waals surface area contributed by atoms with E-state index in [-0.39, 0.29) is 18.0 Å². The van der Waals surface area contributed by atoms with Gasteiger partial charge in [0, 0.05) is 5.70 Å². The van der Waals surface area contributed by atoms with Gasteiger partial charge in [0.25, 0.3) is 0 Å². The van der Waals surface area contributed by atoms with Crippen LogP contribution < -0.4 is 14.8 Å². The van der Waals surface area contributed by atoms with Crippen LogP contribution in [-0.2, 0) is 9.53 Å². The summed E-state index contributed by atoms with van der Waals surface area (Å²) in [7, 11) is 3.08. The Morgan fingerprint density at radius 2 is 1.91 bits per heavy atom. The summed E-state index contributed by atoms with van der Waals surface area (Å²) < 4.78 is 32.1. The van der Waals surface area contributed by atoms with Crippen molar-refractivity contribution in [1.82, 2.24) is 14.8 Å². The zero-order valence-corrected chi connectivity index (χ0v) is 18.2. The highest BCUT2D eigenvalue weighted by Gasteiger charge is 2.36. The predicted molar refractivity (Wildman–Crippen MR) is 116 cm³/mol. The van der Waals surface area contributed by atoms with Crippen molar-refractivity contribution in [3.05, 3.63) is 65.1 Å². The highest BCUT2D eigenvalue weighted by atomic mass is 19.1. The summed E-state index contributed by atoms with van der Waals surface area (Å²) in [5.74, 6) is 0.719. The fourth-order valence-corrected chi connectivity index (χ4v) is 3.71. The second kappa shape index (κ2) is 8.70. The van der Waals surface area contributed by atoms with Gasteiger partial charge in [0.2, 0.25) is 5.95 Å². The van der Waals surface area contributed by atoms with E-state index in [1.54, 1.807) is 56.0 Å². The molecular weight excluding hydrogens is 415 g/mol. The molecule has 0 radical (unpaired) electrons. The number of hydrogen-bond acceptors (Lipinski definition) is 7. The van der Waals surface area contributed by atoms with Gasteiger partial charge in [-0.05, 0) is 43.7 Å². The number of carbonyl (C=O) groups is 1. The molecule has 4 rings (SSSR count). The van der Waals surface area contributed by atoms with Crippen LogP contribution in [0.1, 0.15) is 25.5 Å². The molecule has 32 heavy (non-hydrogen) atoms. The van der Waals surface area contributed by atoms with Crippen molar-refractivity contribution in [3.8, 4) is 22.9 Å². The molecule has 0 aliphatic carbocycles. The lowest BCUT2D eigenvalue weighted by Crippen LogP contribution is -2.29. The van der Waals surface area contributed by atoms with Gasteiger partial charge in [0.1, 0.15) is 11.9 Å². The summed E-state index contributed by atoms with van der Waals surface area (Å²) in [5, 5.41) is 7.65. The zero-order valence-electron chi connectivity index (χ0n) is 18.2. The molecule has 0 spiro atoms. The average molecular weight is 438 g/mol. The van der Waals surface area contributed by atoms with E-state index in [0.29, 0.717) is 34.3 Å². The number of aromatic nitrogens is 3. The van der Waals surface area contributed by atoms with Gasteiger partial charge >= 0.3 is 5.97 Å². The second-order valence-electron chi connectivity index (χ2n) is 7.08. The minimum Gasteiger partial charge on any atom is -0.493 e. The smallest absolute Gasteiger partial charge is 0.338 e. The number of rotatable bonds is 6. The lowest BCUT2D eigenvalue weighted by molar-refractivity contribution is -0.139. The van der Waals surface area contributed by atoms with Crippen molar-refractivity contribution in [2.45, 2.75) is 19.9 Å². The maximum Gasteiger partial charge on any atom is 0.338 e. The third kappa shape index (κ3) is 3.66. The van der Waals surface area contributed by atoms with Crippen LogP contribution >= 0.6 is 0 Å². The van der Waals surface area contributed by atoms with Crippen LogP contribution in [0.25, 0.3) is 11.4 Å². The van der Waals surface area contributed by atoms with E-state index in [4.69, 9.17) is 14.2 Å². The van der Waals surface area contributed by atoms with Gasteiger partial charge in [-0.3, -0.25) is 0 Å². The van der Waals surface area contributed by atoms with E-state index >= 15 is 0 Å². The molecule has 0 saturated heterocycles. The van der Waals surface area contributed by atoms with Gasteiger partial charge in [0.05, 0.1) is 32.0 Å². The fourth-order valence-electron chi connectivity index (χ4n) is 3.71. The monoisotopic (exact) mass is 438 g/mol. The van der Waals surface area contributed by atoms with E-state index in [9.17, 15) is 9.18 Å². The van der Waals surface area contributed by atoms with Crippen LogP contribution in [0, 0.1) is 5.82 Å². The van der Waals surface area contributed by atoms with Crippen molar-refractivity contribution in [3.63, 3.8) is 0 Å². The molecule has 1 N–H and O–H groups in total. The molecule has 2 aromatic carbocycles. The predicted octanol–water partition coefficient (Wildman–Crippen LogP) is 3.95. The number of benzene rings is 2. The number of hydrogen-bond donors (Lipinski definition) is 1. The van der Waals surface area contributed by atoms with Crippen molar-refractivity contribution >= 4 is 11.9 Å². The summed E-state index contributed by atoms with van der Waals surface area (Å²) >= 11 is 0. The minimum absolute atomic E-state index is 0.203. The Morgan fingerprint density at radius 3 is 2.59 bits per heavy atom. The summed E-state index contributed by atoms with van der Waals surface area (Å²) in [5.41, 5.74) is 1.91. The number of ether oxygens (including phenoxy) is 3. The van der Waals surface area contributed by atoms with E-state index in [2.05, 4.69) is 15.4 Å². The van der Waals surface area contributed by atoms with Crippen LogP contribution in [0.15, 0.2) is 53.7 Å². The number of carbonyl (C=O) groups excluding carboxylic acids is 1. The molecule has 3 aromatic rings. The summed E-state index contributed by atoms with van der Waals surface area (Å²) in [4.78, 5) is 17.4. The second-order valence-corrected chi connectivity index (χ2v) is 7.08. The van der Waals surface area contributed by atoms with Crippen LogP contribution in [0.3, 0.4) is 0 Å². The molecule has 0 saturated carbocycles. The number of halogens is 1. The molecule has 1 aliphatic heterocycles. The van der Waals surface area contributed by atoms with Crippen molar-refractivity contribution < 1.29 is 23.4 Å². The van der Waals surface area contributed by atoms with E-state index in [1.165, 1.54) is 13.2 Å². The van der Waals surface area contributed by atoms with E-state index < -0.39 is 17.8 Å². The third-order valence-corrected chi connectivity index (χ3v) is 5.19. The highest BCUT2D eigenvalue weighted by Crippen LogP contribution is 2.39. The first-order chi connectivity index (χ1) is 15.5. The van der Waals surface area contributed by atoms with Crippen LogP contribution in [0.2, 0.25) is 0 Å². The Kier molecular flexibility index (Phi) is 5.81. The average Bonchev–Trinajstić information content (AvgIpc) is 3.21. The third-order valence-electron chi connectivity index (χ3n) is 5.19. The number of nitrogens with zero attached hydrogens (tertiary/aromatic N) is 3. The molecule has 8 nitrogen and oxygen atoms in total. The van der Waals surface area contributed by atoms with Crippen molar-refractivity contribution in [1.29, 1.82) is 0 Å². The normalized spacial score (nSPS) is 15.1. The zero-order chi connectivity index (χ0) is 22.8. The molecule has 1 unspecified atom stereocenters. The number of nitrogens with one attached hydrogen (secondary N) is 1. The fraction of sp³-hybridized carbons (Fsp3) is 0.261. The van der Waals surface area contributed by atoms with Gasteiger partial charge < -0.3 is 19.5 Å². The molecule has 0 amide bonds. The molecular formula is C23H23FN4O4. The van der Waals surface area contributed by atoms with Gasteiger partial charge in [-0.15, -0.1) is 5.10 Å². The number of fused-ring (bicyclic) bond motifs is 1. The molecule has 1 aliphatic rings. The Bertz CT molecular complexity index is 1200. The maximum absolute atomic E-state index is 14.4. The Morgan fingerprint density at radius 1 is 1.16 bits per heavy atom. The summed E-state index contributed by atoms with van der Waals surface area (Å²) in [6.45, 7) is 3.73. The van der Waals surface area contributed by atoms with Gasteiger partial charge in [-0.2, -0.15) is 4.98 Å². The molecule has 0 bridgehead atoms. The maximum atomic E-state index is 14.4. The lowest BCUT2D eigenvalue weighted by atomic mass is 9.95. The van der Waals surface area contributed by atoms with Gasteiger partial charge in [-0.25, -0.2) is 13.9 Å². The first kappa shape index (κ1) is 21.4. The lowest BCUT2D eigenvalue weighted by Gasteiger charge is -2.28. The Labute approximate surface area is 184 Å². The molecule has 1 atom stereocenters. The summed E-state index contributed by atoms with van der Waals surface area (Å²) in [6.07, 6.45) is 0. The largest absolute Gasteiger partial charge is 0.493 e. The number of methoxy groups -OCH3 is 2. The number of allylic oxidation sites excluding steroid dienone is 1.